The molecule has 0 saturated carbocycles. The van der Waals surface area contributed by atoms with E-state index in [1.165, 1.54) is 0 Å². The third-order valence-corrected chi connectivity index (χ3v) is 16.8. The first kappa shape index (κ1) is 54.3. The number of rotatable bonds is 26. The van der Waals surface area contributed by atoms with E-state index in [0.29, 0.717) is 91.9 Å². The molecule has 0 bridgehead atoms. The quantitative estimate of drug-likeness (QED) is 0.0143. The molecule has 362 valence electrons. The van der Waals surface area contributed by atoms with Gasteiger partial charge in [0.2, 0.25) is 0 Å². The molecule has 0 aliphatic carbocycles. The number of carbonyl (C=O) groups is 1. The lowest BCUT2D eigenvalue weighted by molar-refractivity contribution is 0.0298. The standard InChI is InChI=1S/C52H54Br4Cl4N4O4/c1-3-66-37-15-9-33(10-16-37)41(39-19-13-35(61-25-5-21-57)29-43(39)63-27-7-23-59)31-52(46-45(51(65)68-52)47(53)49(55)50(56)48(46)54)32-42(34-11-17-38(18-12-34)67-4-2)40-20-14-36(62-26-6-22-58)30-44(40)64-28-8-24-60/h9-20,29-32,61-64H,3-8,21-28H2,1-2H3. The van der Waals surface area contributed by atoms with Crippen molar-refractivity contribution in [2.75, 3.05) is 84.2 Å². The minimum absolute atomic E-state index is 0.370. The van der Waals surface area contributed by atoms with Crippen LogP contribution in [0.25, 0.3) is 11.1 Å². The number of benzene rings is 5. The maximum absolute atomic E-state index is 14.8. The highest BCUT2D eigenvalue weighted by molar-refractivity contribution is 9.15. The third-order valence-electron chi connectivity index (χ3n) is 10.9. The van der Waals surface area contributed by atoms with E-state index in [2.05, 4.69) is 134 Å². The van der Waals surface area contributed by atoms with Crippen LogP contribution in [0.1, 0.15) is 77.7 Å². The van der Waals surface area contributed by atoms with Gasteiger partial charge in [0, 0.05) is 107 Å². The largest absolute Gasteiger partial charge is 0.494 e. The van der Waals surface area contributed by atoms with Crippen LogP contribution in [0.15, 0.2) is 115 Å². The molecule has 1 heterocycles. The van der Waals surface area contributed by atoms with Crippen molar-refractivity contribution in [1.29, 1.82) is 0 Å². The molecule has 0 fully saturated rings. The second kappa shape index (κ2) is 26.9. The molecule has 6 rings (SSSR count). The van der Waals surface area contributed by atoms with Crippen LogP contribution in [-0.4, -0.2) is 68.9 Å². The van der Waals surface area contributed by atoms with Gasteiger partial charge >= 0.3 is 5.97 Å². The first-order chi connectivity index (χ1) is 33.0. The number of ether oxygens (including phenoxy) is 3. The molecule has 1 aliphatic rings. The zero-order valence-electron chi connectivity index (χ0n) is 37.8. The third kappa shape index (κ3) is 13.5. The lowest BCUT2D eigenvalue weighted by Crippen LogP contribution is -2.23. The van der Waals surface area contributed by atoms with Crippen molar-refractivity contribution in [3.63, 3.8) is 0 Å². The molecule has 8 nitrogen and oxygen atoms in total. The van der Waals surface area contributed by atoms with Crippen LogP contribution in [0.3, 0.4) is 0 Å². The Morgan fingerprint density at radius 2 is 0.956 bits per heavy atom. The Bertz CT molecular complexity index is 2430. The van der Waals surface area contributed by atoms with Gasteiger partial charge in [0.05, 0.1) is 18.8 Å². The van der Waals surface area contributed by atoms with Gasteiger partial charge < -0.3 is 35.5 Å². The number of nitrogens with one attached hydrogen (secondary N) is 4. The number of esters is 1. The minimum atomic E-state index is -1.56. The van der Waals surface area contributed by atoms with Gasteiger partial charge in [0.25, 0.3) is 0 Å². The van der Waals surface area contributed by atoms with Gasteiger partial charge in [-0.1, -0.05) is 36.4 Å². The Labute approximate surface area is 454 Å². The number of hydrogen-bond donors (Lipinski definition) is 4. The van der Waals surface area contributed by atoms with E-state index in [1.807, 2.05) is 62.4 Å². The number of anilines is 4. The van der Waals surface area contributed by atoms with E-state index in [4.69, 9.17) is 60.6 Å². The summed E-state index contributed by atoms with van der Waals surface area (Å²) in [4.78, 5) is 14.8. The number of halogens is 8. The topological polar surface area (TPSA) is 92.9 Å². The van der Waals surface area contributed by atoms with Crippen LogP contribution < -0.4 is 30.7 Å². The summed E-state index contributed by atoms with van der Waals surface area (Å²) >= 11 is 39.9. The molecule has 0 atom stereocenters. The normalized spacial score (nSPS) is 14.6. The van der Waals surface area contributed by atoms with Gasteiger partial charge in [0.1, 0.15) is 11.5 Å². The molecule has 0 unspecified atom stereocenters. The van der Waals surface area contributed by atoms with Gasteiger partial charge in [-0.3, -0.25) is 0 Å². The summed E-state index contributed by atoms with van der Waals surface area (Å²) in [5, 5.41) is 14.4. The molecular formula is C52H54Br4Cl4N4O4. The molecule has 0 amide bonds. The second-order valence-electron chi connectivity index (χ2n) is 15.6. The molecule has 4 N–H and O–H groups in total. The zero-order chi connectivity index (χ0) is 48.6. The maximum atomic E-state index is 14.8. The molecule has 0 radical (unpaired) electrons. The van der Waals surface area contributed by atoms with E-state index in [1.54, 1.807) is 0 Å². The predicted octanol–water partition coefficient (Wildman–Crippen LogP) is 16.3. The van der Waals surface area contributed by atoms with E-state index >= 15 is 0 Å². The average Bonchev–Trinajstić information content (AvgIpc) is 3.63. The highest BCUT2D eigenvalue weighted by atomic mass is 79.9. The van der Waals surface area contributed by atoms with Crippen molar-refractivity contribution < 1.29 is 19.0 Å². The fraction of sp³-hybridized carbons (Fsp3) is 0.327. The van der Waals surface area contributed by atoms with E-state index < -0.39 is 11.6 Å². The van der Waals surface area contributed by atoms with E-state index in [-0.39, 0.29) is 0 Å². The zero-order valence-corrected chi connectivity index (χ0v) is 47.2. The van der Waals surface area contributed by atoms with Gasteiger partial charge in [-0.25, -0.2) is 4.79 Å². The van der Waals surface area contributed by atoms with Crippen molar-refractivity contribution in [3.05, 3.63) is 148 Å². The summed E-state index contributed by atoms with van der Waals surface area (Å²) in [5.74, 6) is 3.03. The van der Waals surface area contributed by atoms with E-state index in [0.717, 1.165) is 93.3 Å². The van der Waals surface area contributed by atoms with Crippen LogP contribution in [0.4, 0.5) is 22.7 Å². The Kier molecular flexibility index (Phi) is 21.5. The summed E-state index contributed by atoms with van der Waals surface area (Å²) < 4.78 is 21.3. The molecule has 68 heavy (non-hydrogen) atoms. The SMILES string of the molecule is CCOc1ccc(C(=CC2(C=C(c3ccc(OCC)cc3)c3ccc(NCCCCl)cc3NCCCCl)OC(=O)c3c(Br)c(Br)c(Br)c(Br)c32)c2ccc(NCCCCl)cc2NCCCCl)cc1. The van der Waals surface area contributed by atoms with Crippen LogP contribution >= 0.6 is 110 Å². The summed E-state index contributed by atoms with van der Waals surface area (Å²) in [7, 11) is 0. The van der Waals surface area contributed by atoms with Crippen LogP contribution in [-0.2, 0) is 10.3 Å². The molecule has 16 heteroatoms. The first-order valence-electron chi connectivity index (χ1n) is 22.5. The number of hydrogen-bond acceptors (Lipinski definition) is 8. The number of carbonyl (C=O) groups excluding carboxylic acids is 1. The molecule has 5 aromatic carbocycles. The summed E-state index contributed by atoms with van der Waals surface area (Å²) in [6.45, 7) is 7.62. The van der Waals surface area contributed by atoms with Gasteiger partial charge in [-0.15, -0.1) is 46.4 Å². The Hall–Kier alpha value is -3.07. The van der Waals surface area contributed by atoms with Gasteiger partial charge in [-0.05, 0) is 186 Å². The fourth-order valence-electron chi connectivity index (χ4n) is 7.80. The highest BCUT2D eigenvalue weighted by Gasteiger charge is 2.48. The van der Waals surface area contributed by atoms with Gasteiger partial charge in [-0.2, -0.15) is 0 Å². The lowest BCUT2D eigenvalue weighted by atomic mass is 9.82. The summed E-state index contributed by atoms with van der Waals surface area (Å²) in [5.41, 5.74) is 8.03. The molecule has 0 saturated heterocycles. The molecular weight excluding hydrogens is 1210 g/mol. The van der Waals surface area contributed by atoms with Crippen molar-refractivity contribution in [2.24, 2.45) is 0 Å². The Morgan fingerprint density at radius 3 is 1.35 bits per heavy atom. The summed E-state index contributed by atoms with van der Waals surface area (Å²) in [6, 6.07) is 28.5. The van der Waals surface area contributed by atoms with Crippen LogP contribution in [0.2, 0.25) is 0 Å². The van der Waals surface area contributed by atoms with Crippen LogP contribution in [0.5, 0.6) is 11.5 Å². The van der Waals surface area contributed by atoms with Crippen molar-refractivity contribution >= 4 is 150 Å². The number of cyclic esters (lactones) is 1. The van der Waals surface area contributed by atoms with Crippen molar-refractivity contribution in [3.8, 4) is 11.5 Å². The van der Waals surface area contributed by atoms with E-state index in [9.17, 15) is 4.79 Å². The molecule has 5 aromatic rings. The molecule has 1 aliphatic heterocycles. The van der Waals surface area contributed by atoms with Crippen LogP contribution in [0, 0.1) is 0 Å². The lowest BCUT2D eigenvalue weighted by Gasteiger charge is -2.29. The fourth-order valence-corrected chi connectivity index (χ4v) is 10.9. The number of alkyl halides is 4. The average molecular weight is 1260 g/mol. The maximum Gasteiger partial charge on any atom is 0.341 e. The highest BCUT2D eigenvalue weighted by Crippen LogP contribution is 2.54. The predicted molar refractivity (Wildman–Crippen MR) is 302 cm³/mol. The smallest absolute Gasteiger partial charge is 0.341 e. The van der Waals surface area contributed by atoms with Gasteiger partial charge in [0.15, 0.2) is 5.60 Å². The monoisotopic (exact) mass is 1250 g/mol. The molecule has 0 spiro atoms. The van der Waals surface area contributed by atoms with Crippen molar-refractivity contribution in [2.45, 2.75) is 45.1 Å². The Morgan fingerprint density at radius 1 is 0.559 bits per heavy atom. The molecule has 0 aromatic heterocycles. The summed E-state index contributed by atoms with van der Waals surface area (Å²) in [6.07, 6.45) is 7.21. The Balaban J connectivity index is 1.76. The minimum Gasteiger partial charge on any atom is -0.494 e. The second-order valence-corrected chi connectivity index (χ2v) is 20.3. The number of fused-ring (bicyclic) bond motifs is 1. The van der Waals surface area contributed by atoms with Crippen molar-refractivity contribution in [1.82, 2.24) is 0 Å². The first-order valence-corrected chi connectivity index (χ1v) is 27.8.